The second kappa shape index (κ2) is 9.55. The minimum atomic E-state index is -0.588. The molecule has 1 atom stereocenters. The maximum Gasteiger partial charge on any atom is 0.341 e. The van der Waals surface area contributed by atoms with Crippen LogP contribution in [0.1, 0.15) is 34.8 Å². The molecule has 1 aromatic heterocycles. The van der Waals surface area contributed by atoms with Crippen molar-refractivity contribution in [1.29, 1.82) is 0 Å². The Bertz CT molecular complexity index is 1100. The number of ether oxygens (including phenoxy) is 3. The van der Waals surface area contributed by atoms with E-state index in [1.54, 1.807) is 30.0 Å². The second-order valence-corrected chi connectivity index (χ2v) is 7.44. The van der Waals surface area contributed by atoms with Crippen LogP contribution in [0, 0.1) is 0 Å². The van der Waals surface area contributed by atoms with E-state index in [1.807, 2.05) is 48.5 Å². The Morgan fingerprint density at radius 3 is 2.66 bits per heavy atom. The average molecular weight is 435 g/mol. The normalized spacial score (nSPS) is 15.4. The molecular formula is C24H25N3O5. The number of carbonyl (C=O) groups excluding carboxylic acids is 2. The molecule has 2 aromatic carbocycles. The van der Waals surface area contributed by atoms with Crippen molar-refractivity contribution in [3.63, 3.8) is 0 Å². The number of amides is 1. The molecule has 0 aliphatic carbocycles. The number of carbonyl (C=O) groups is 2. The number of methoxy groups -OCH3 is 2. The summed E-state index contributed by atoms with van der Waals surface area (Å²) < 4.78 is 17.7. The lowest BCUT2D eigenvalue weighted by atomic mass is 10.0. The molecule has 1 fully saturated rings. The molecule has 1 aliphatic rings. The van der Waals surface area contributed by atoms with E-state index in [1.165, 1.54) is 6.20 Å². The Morgan fingerprint density at radius 1 is 1.09 bits per heavy atom. The maximum absolute atomic E-state index is 12.9. The topological polar surface area (TPSA) is 82.9 Å². The van der Waals surface area contributed by atoms with Gasteiger partial charge in [0.15, 0.2) is 6.61 Å². The third-order valence-electron chi connectivity index (χ3n) is 5.53. The zero-order chi connectivity index (χ0) is 22.5. The van der Waals surface area contributed by atoms with Gasteiger partial charge in [-0.25, -0.2) is 9.48 Å². The number of hydrogen-bond acceptors (Lipinski definition) is 6. The van der Waals surface area contributed by atoms with Crippen molar-refractivity contribution in [2.45, 2.75) is 18.9 Å². The summed E-state index contributed by atoms with van der Waals surface area (Å²) in [6, 6.07) is 14.8. The summed E-state index contributed by atoms with van der Waals surface area (Å²) in [4.78, 5) is 27.1. The van der Waals surface area contributed by atoms with Gasteiger partial charge in [-0.15, -0.1) is 0 Å². The summed E-state index contributed by atoms with van der Waals surface area (Å²) >= 11 is 0. The second-order valence-electron chi connectivity index (χ2n) is 7.44. The SMILES string of the molecule is COc1ccc(OC)c(C2CCCN2C(=O)COC(=O)c2cnn(-c3ccccc3)c2)c1. The lowest BCUT2D eigenvalue weighted by Gasteiger charge is -2.26. The molecular weight excluding hydrogens is 410 g/mol. The highest BCUT2D eigenvalue weighted by atomic mass is 16.5. The van der Waals surface area contributed by atoms with E-state index in [2.05, 4.69) is 5.10 Å². The van der Waals surface area contributed by atoms with Gasteiger partial charge >= 0.3 is 5.97 Å². The van der Waals surface area contributed by atoms with Crippen LogP contribution in [-0.2, 0) is 9.53 Å². The van der Waals surface area contributed by atoms with E-state index < -0.39 is 5.97 Å². The molecule has 0 N–H and O–H groups in total. The van der Waals surface area contributed by atoms with Gasteiger partial charge in [0.2, 0.25) is 0 Å². The van der Waals surface area contributed by atoms with Crippen molar-refractivity contribution in [2.24, 2.45) is 0 Å². The zero-order valence-corrected chi connectivity index (χ0v) is 18.1. The molecule has 1 unspecified atom stereocenters. The quantitative estimate of drug-likeness (QED) is 0.529. The van der Waals surface area contributed by atoms with Crippen LogP contribution in [0.4, 0.5) is 0 Å². The number of rotatable bonds is 7. The summed E-state index contributed by atoms with van der Waals surface area (Å²) in [5.74, 6) is 0.555. The molecule has 32 heavy (non-hydrogen) atoms. The lowest BCUT2D eigenvalue weighted by Crippen LogP contribution is -2.34. The van der Waals surface area contributed by atoms with Crippen LogP contribution >= 0.6 is 0 Å². The predicted molar refractivity (Wildman–Crippen MR) is 117 cm³/mol. The summed E-state index contributed by atoms with van der Waals surface area (Å²) in [7, 11) is 3.20. The van der Waals surface area contributed by atoms with Crippen LogP contribution in [0.3, 0.4) is 0 Å². The van der Waals surface area contributed by atoms with Gasteiger partial charge in [-0.05, 0) is 43.2 Å². The maximum atomic E-state index is 12.9. The minimum Gasteiger partial charge on any atom is -0.497 e. The molecule has 8 nitrogen and oxygen atoms in total. The summed E-state index contributed by atoms with van der Waals surface area (Å²) in [5, 5.41) is 4.19. The van der Waals surface area contributed by atoms with Crippen LogP contribution in [0.2, 0.25) is 0 Å². The summed E-state index contributed by atoms with van der Waals surface area (Å²) in [6.07, 6.45) is 4.67. The standard InChI is InChI=1S/C24H25N3O5/c1-30-19-10-11-22(31-2)20(13-19)21-9-6-12-26(21)23(28)16-32-24(29)17-14-25-27(15-17)18-7-4-3-5-8-18/h3-5,7-8,10-11,13-15,21H,6,9,12,16H2,1-2H3. The van der Waals surface area contributed by atoms with Gasteiger partial charge in [-0.2, -0.15) is 5.10 Å². The van der Waals surface area contributed by atoms with Gasteiger partial charge in [-0.1, -0.05) is 18.2 Å². The molecule has 166 valence electrons. The van der Waals surface area contributed by atoms with Gasteiger partial charge in [0.25, 0.3) is 5.91 Å². The van der Waals surface area contributed by atoms with E-state index in [-0.39, 0.29) is 24.1 Å². The molecule has 0 spiro atoms. The van der Waals surface area contributed by atoms with Gasteiger partial charge in [0.05, 0.1) is 37.7 Å². The molecule has 1 amide bonds. The van der Waals surface area contributed by atoms with Crippen LogP contribution < -0.4 is 9.47 Å². The first-order valence-electron chi connectivity index (χ1n) is 10.4. The first-order valence-corrected chi connectivity index (χ1v) is 10.4. The van der Waals surface area contributed by atoms with Crippen molar-refractivity contribution >= 4 is 11.9 Å². The Balaban J connectivity index is 1.42. The molecule has 0 radical (unpaired) electrons. The number of benzene rings is 2. The van der Waals surface area contributed by atoms with Crippen LogP contribution in [0.15, 0.2) is 60.9 Å². The van der Waals surface area contributed by atoms with E-state index in [0.717, 1.165) is 24.1 Å². The predicted octanol–water partition coefficient (Wildman–Crippen LogP) is 3.41. The van der Waals surface area contributed by atoms with Crippen molar-refractivity contribution in [3.05, 3.63) is 72.1 Å². The largest absolute Gasteiger partial charge is 0.497 e. The molecule has 2 heterocycles. The van der Waals surface area contributed by atoms with Crippen molar-refractivity contribution in [1.82, 2.24) is 14.7 Å². The smallest absolute Gasteiger partial charge is 0.341 e. The Hall–Kier alpha value is -3.81. The third kappa shape index (κ3) is 4.44. The number of esters is 1. The molecule has 8 heteroatoms. The molecule has 0 bridgehead atoms. The lowest BCUT2D eigenvalue weighted by molar-refractivity contribution is -0.135. The zero-order valence-electron chi connectivity index (χ0n) is 18.1. The fourth-order valence-corrected chi connectivity index (χ4v) is 3.93. The Morgan fingerprint density at radius 2 is 1.91 bits per heavy atom. The highest BCUT2D eigenvalue weighted by Crippen LogP contribution is 2.38. The van der Waals surface area contributed by atoms with E-state index in [9.17, 15) is 9.59 Å². The average Bonchev–Trinajstić information content (AvgIpc) is 3.53. The fraction of sp³-hybridized carbons (Fsp3) is 0.292. The van der Waals surface area contributed by atoms with Crippen molar-refractivity contribution in [2.75, 3.05) is 27.4 Å². The molecule has 1 saturated heterocycles. The highest BCUT2D eigenvalue weighted by molar-refractivity contribution is 5.91. The molecule has 4 rings (SSSR count). The molecule has 1 aliphatic heterocycles. The number of para-hydroxylation sites is 1. The van der Waals surface area contributed by atoms with E-state index in [4.69, 9.17) is 14.2 Å². The van der Waals surface area contributed by atoms with Crippen LogP contribution in [0.5, 0.6) is 11.5 Å². The first-order chi connectivity index (χ1) is 15.6. The van der Waals surface area contributed by atoms with Crippen molar-refractivity contribution in [3.8, 4) is 17.2 Å². The number of likely N-dealkylation sites (tertiary alicyclic amines) is 1. The molecule has 0 saturated carbocycles. The van der Waals surface area contributed by atoms with Gasteiger partial charge in [-0.3, -0.25) is 4.79 Å². The van der Waals surface area contributed by atoms with Crippen LogP contribution in [-0.4, -0.2) is 53.9 Å². The minimum absolute atomic E-state index is 0.160. The van der Waals surface area contributed by atoms with Gasteiger partial charge in [0, 0.05) is 18.3 Å². The number of hydrogen-bond donors (Lipinski definition) is 0. The number of aromatic nitrogens is 2. The van der Waals surface area contributed by atoms with Gasteiger partial charge < -0.3 is 19.1 Å². The van der Waals surface area contributed by atoms with Gasteiger partial charge in [0.1, 0.15) is 11.5 Å². The third-order valence-corrected chi connectivity index (χ3v) is 5.53. The highest BCUT2D eigenvalue weighted by Gasteiger charge is 2.32. The first kappa shape index (κ1) is 21.4. The van der Waals surface area contributed by atoms with E-state index >= 15 is 0 Å². The monoisotopic (exact) mass is 435 g/mol. The van der Waals surface area contributed by atoms with E-state index in [0.29, 0.717) is 18.0 Å². The Labute approximate surface area is 186 Å². The fourth-order valence-electron chi connectivity index (χ4n) is 3.93. The van der Waals surface area contributed by atoms with Crippen molar-refractivity contribution < 1.29 is 23.8 Å². The van der Waals surface area contributed by atoms with Crippen LogP contribution in [0.25, 0.3) is 5.69 Å². The number of nitrogens with zero attached hydrogens (tertiary/aromatic N) is 3. The summed E-state index contributed by atoms with van der Waals surface area (Å²) in [5.41, 5.74) is 2.00. The Kier molecular flexibility index (Phi) is 6.39. The summed E-state index contributed by atoms with van der Waals surface area (Å²) in [6.45, 7) is 0.255. The molecule has 3 aromatic rings.